The number of nitro groups is 1. The zero-order valence-corrected chi connectivity index (χ0v) is 14.6. The van der Waals surface area contributed by atoms with Crippen molar-refractivity contribution in [2.45, 2.75) is 6.17 Å². The van der Waals surface area contributed by atoms with Crippen LogP contribution in [-0.4, -0.2) is 21.5 Å². The number of anilines is 1. The van der Waals surface area contributed by atoms with Crippen molar-refractivity contribution in [2.24, 2.45) is 0 Å². The van der Waals surface area contributed by atoms with E-state index in [0.717, 1.165) is 33.7 Å². The van der Waals surface area contributed by atoms with Crippen LogP contribution >= 0.6 is 0 Å². The van der Waals surface area contributed by atoms with Gasteiger partial charge in [0.1, 0.15) is 12.0 Å². The fourth-order valence-electron chi connectivity index (χ4n) is 3.90. The van der Waals surface area contributed by atoms with E-state index in [9.17, 15) is 10.1 Å². The first-order chi connectivity index (χ1) is 13.1. The summed E-state index contributed by atoms with van der Waals surface area (Å²) in [4.78, 5) is 17.7. The van der Waals surface area contributed by atoms with Gasteiger partial charge in [-0.25, -0.2) is 4.98 Å². The summed E-state index contributed by atoms with van der Waals surface area (Å²) >= 11 is 0. The molecular formula is C21H16N4O2. The highest BCUT2D eigenvalue weighted by molar-refractivity contribution is 5.87. The van der Waals surface area contributed by atoms with Crippen LogP contribution in [0.5, 0.6) is 0 Å². The Morgan fingerprint density at radius 3 is 2.44 bits per heavy atom. The SMILES string of the molecule is CN1c2ccccc2-c2nc3ccccc3n2[C@@H]1c1ccc([N+](=O)[O-])cc1. The number of imidazole rings is 1. The Morgan fingerprint density at radius 1 is 0.963 bits per heavy atom. The number of benzene rings is 3. The lowest BCUT2D eigenvalue weighted by atomic mass is 10.0. The lowest BCUT2D eigenvalue weighted by Gasteiger charge is -2.38. The van der Waals surface area contributed by atoms with Crippen LogP contribution in [0, 0.1) is 10.1 Å². The molecule has 0 aliphatic carbocycles. The fraction of sp³-hybridized carbons (Fsp3) is 0.0952. The molecule has 0 N–H and O–H groups in total. The van der Waals surface area contributed by atoms with E-state index in [1.54, 1.807) is 12.1 Å². The minimum atomic E-state index is -0.373. The van der Waals surface area contributed by atoms with Crippen LogP contribution in [0.3, 0.4) is 0 Å². The first-order valence-corrected chi connectivity index (χ1v) is 8.69. The first-order valence-electron chi connectivity index (χ1n) is 8.69. The number of non-ortho nitro benzene ring substituents is 1. The molecule has 0 amide bonds. The molecule has 0 spiro atoms. The third kappa shape index (κ3) is 2.23. The van der Waals surface area contributed by atoms with Gasteiger partial charge in [0, 0.05) is 30.4 Å². The van der Waals surface area contributed by atoms with Crippen molar-refractivity contribution in [1.82, 2.24) is 9.55 Å². The van der Waals surface area contributed by atoms with Crippen molar-refractivity contribution < 1.29 is 4.92 Å². The Labute approximate surface area is 155 Å². The summed E-state index contributed by atoms with van der Waals surface area (Å²) in [5.74, 6) is 0.910. The highest BCUT2D eigenvalue weighted by Crippen LogP contribution is 2.43. The monoisotopic (exact) mass is 356 g/mol. The summed E-state index contributed by atoms with van der Waals surface area (Å²) < 4.78 is 2.21. The second-order valence-electron chi connectivity index (χ2n) is 6.64. The summed E-state index contributed by atoms with van der Waals surface area (Å²) in [7, 11) is 2.04. The fourth-order valence-corrected chi connectivity index (χ4v) is 3.90. The molecule has 5 rings (SSSR count). The van der Waals surface area contributed by atoms with E-state index < -0.39 is 0 Å². The highest BCUT2D eigenvalue weighted by atomic mass is 16.6. The number of nitro benzene ring substituents is 1. The largest absolute Gasteiger partial charge is 0.350 e. The van der Waals surface area contributed by atoms with Crippen molar-refractivity contribution in [3.8, 4) is 11.4 Å². The molecule has 0 unspecified atom stereocenters. The molecule has 0 saturated carbocycles. The van der Waals surface area contributed by atoms with Gasteiger partial charge in [0.15, 0.2) is 0 Å². The molecule has 1 aliphatic rings. The van der Waals surface area contributed by atoms with Crippen molar-refractivity contribution >= 4 is 22.4 Å². The van der Waals surface area contributed by atoms with E-state index in [1.807, 2.05) is 49.5 Å². The van der Waals surface area contributed by atoms with E-state index in [0.29, 0.717) is 0 Å². The maximum atomic E-state index is 11.0. The quantitative estimate of drug-likeness (QED) is 0.389. The Balaban J connectivity index is 1.79. The summed E-state index contributed by atoms with van der Waals surface area (Å²) in [5, 5.41) is 11.0. The number of hydrogen-bond acceptors (Lipinski definition) is 4. The van der Waals surface area contributed by atoms with Crippen LogP contribution < -0.4 is 4.90 Å². The number of nitrogens with zero attached hydrogens (tertiary/aromatic N) is 4. The lowest BCUT2D eigenvalue weighted by Crippen LogP contribution is -2.34. The third-order valence-corrected chi connectivity index (χ3v) is 5.13. The molecule has 4 aromatic rings. The van der Waals surface area contributed by atoms with Crippen LogP contribution in [-0.2, 0) is 0 Å². The van der Waals surface area contributed by atoms with Crippen LogP contribution in [0.15, 0.2) is 72.8 Å². The molecule has 0 radical (unpaired) electrons. The Morgan fingerprint density at radius 2 is 1.67 bits per heavy atom. The minimum Gasteiger partial charge on any atom is -0.350 e. The van der Waals surface area contributed by atoms with Crippen molar-refractivity contribution in [2.75, 3.05) is 11.9 Å². The molecule has 6 nitrogen and oxygen atoms in total. The molecule has 27 heavy (non-hydrogen) atoms. The second-order valence-corrected chi connectivity index (χ2v) is 6.64. The van der Waals surface area contributed by atoms with Gasteiger partial charge in [0.25, 0.3) is 5.69 Å². The summed E-state index contributed by atoms with van der Waals surface area (Å²) in [6.07, 6.45) is -0.136. The predicted molar refractivity (Wildman–Crippen MR) is 105 cm³/mol. The van der Waals surface area contributed by atoms with Crippen molar-refractivity contribution in [1.29, 1.82) is 0 Å². The molecule has 0 fully saturated rings. The van der Waals surface area contributed by atoms with Gasteiger partial charge >= 0.3 is 0 Å². The summed E-state index contributed by atoms with van der Waals surface area (Å²) in [5.41, 5.74) is 5.20. The minimum absolute atomic E-state index is 0.0910. The maximum absolute atomic E-state index is 11.0. The van der Waals surface area contributed by atoms with Gasteiger partial charge < -0.3 is 4.90 Å². The smallest absolute Gasteiger partial charge is 0.269 e. The summed E-state index contributed by atoms with van der Waals surface area (Å²) in [6, 6.07) is 23.0. The normalized spacial score (nSPS) is 15.4. The zero-order chi connectivity index (χ0) is 18.5. The number of aromatic nitrogens is 2. The molecule has 1 aliphatic heterocycles. The van der Waals surface area contributed by atoms with E-state index in [4.69, 9.17) is 4.98 Å². The van der Waals surface area contributed by atoms with Gasteiger partial charge in [-0.05, 0) is 42.0 Å². The molecule has 132 valence electrons. The average Bonchev–Trinajstić information content (AvgIpc) is 3.08. The van der Waals surface area contributed by atoms with Crippen molar-refractivity contribution in [3.05, 3.63) is 88.5 Å². The second kappa shape index (κ2) is 5.67. The molecule has 6 heteroatoms. The van der Waals surface area contributed by atoms with E-state index >= 15 is 0 Å². The van der Waals surface area contributed by atoms with Crippen LogP contribution in [0.25, 0.3) is 22.4 Å². The Hall–Kier alpha value is -3.67. The molecule has 0 saturated heterocycles. The maximum Gasteiger partial charge on any atom is 0.269 e. The van der Waals surface area contributed by atoms with Crippen molar-refractivity contribution in [3.63, 3.8) is 0 Å². The van der Waals surface area contributed by atoms with Gasteiger partial charge in [0.2, 0.25) is 0 Å². The van der Waals surface area contributed by atoms with E-state index in [1.165, 1.54) is 0 Å². The van der Waals surface area contributed by atoms with Crippen LogP contribution in [0.2, 0.25) is 0 Å². The molecule has 0 bridgehead atoms. The number of fused-ring (bicyclic) bond motifs is 5. The van der Waals surface area contributed by atoms with Crippen LogP contribution in [0.1, 0.15) is 11.7 Å². The Bertz CT molecular complexity index is 1180. The number of hydrogen-bond donors (Lipinski definition) is 0. The molecule has 3 aromatic carbocycles. The first kappa shape index (κ1) is 15.6. The van der Waals surface area contributed by atoms with E-state index in [-0.39, 0.29) is 16.8 Å². The molecule has 1 atom stereocenters. The van der Waals surface area contributed by atoms with Gasteiger partial charge in [-0.15, -0.1) is 0 Å². The van der Waals surface area contributed by atoms with E-state index in [2.05, 4.69) is 27.7 Å². The summed E-state index contributed by atoms with van der Waals surface area (Å²) in [6.45, 7) is 0. The van der Waals surface area contributed by atoms with Gasteiger partial charge in [-0.1, -0.05) is 24.3 Å². The standard InChI is InChI=1S/C21H16N4O2/c1-23-18-8-4-2-6-16(18)20-22-17-7-3-5-9-19(17)24(20)21(23)14-10-12-15(13-11-14)25(26)27/h2-13,21H,1H3/t21-/m1/s1. The highest BCUT2D eigenvalue weighted by Gasteiger charge is 2.32. The average molecular weight is 356 g/mol. The number of rotatable bonds is 2. The van der Waals surface area contributed by atoms with Gasteiger partial charge in [-0.3, -0.25) is 14.7 Å². The molecule has 1 aromatic heterocycles. The topological polar surface area (TPSA) is 64.2 Å². The molecule has 2 heterocycles. The lowest BCUT2D eigenvalue weighted by molar-refractivity contribution is -0.384. The Kier molecular flexibility index (Phi) is 3.27. The molecular weight excluding hydrogens is 340 g/mol. The van der Waals surface area contributed by atoms with Crippen LogP contribution in [0.4, 0.5) is 11.4 Å². The number of para-hydroxylation sites is 3. The predicted octanol–water partition coefficient (Wildman–Crippen LogP) is 4.61. The van der Waals surface area contributed by atoms with Gasteiger partial charge in [0.05, 0.1) is 16.0 Å². The zero-order valence-electron chi connectivity index (χ0n) is 14.6. The third-order valence-electron chi connectivity index (χ3n) is 5.13. The van der Waals surface area contributed by atoms with Gasteiger partial charge in [-0.2, -0.15) is 0 Å².